The van der Waals surface area contributed by atoms with Crippen LogP contribution in [-0.4, -0.2) is 36.9 Å². The third-order valence-corrected chi connectivity index (χ3v) is 3.94. The first kappa shape index (κ1) is 13.5. The first-order valence-electron chi connectivity index (χ1n) is 5.90. The Morgan fingerprint density at radius 2 is 2.33 bits per heavy atom. The zero-order valence-corrected chi connectivity index (χ0v) is 11.8. The van der Waals surface area contributed by atoms with Crippen LogP contribution >= 0.6 is 15.9 Å². The van der Waals surface area contributed by atoms with Crippen molar-refractivity contribution in [3.8, 4) is 0 Å². The summed E-state index contributed by atoms with van der Waals surface area (Å²) >= 11 is 3.45. The molecule has 0 saturated carbocycles. The van der Waals surface area contributed by atoms with Gasteiger partial charge in [0.15, 0.2) is 0 Å². The van der Waals surface area contributed by atoms with Crippen molar-refractivity contribution in [1.29, 1.82) is 0 Å². The number of amides is 1. The zero-order chi connectivity index (χ0) is 13.1. The van der Waals surface area contributed by atoms with Crippen LogP contribution in [0.25, 0.3) is 0 Å². The van der Waals surface area contributed by atoms with Crippen LogP contribution in [0.3, 0.4) is 0 Å². The van der Waals surface area contributed by atoms with Crippen LogP contribution in [0.2, 0.25) is 0 Å². The number of aryl methyl sites for hydroxylation is 1. The van der Waals surface area contributed by atoms with Crippen molar-refractivity contribution in [3.63, 3.8) is 0 Å². The molecule has 98 valence electrons. The number of halogens is 1. The van der Waals surface area contributed by atoms with E-state index >= 15 is 0 Å². The molecule has 1 fully saturated rings. The summed E-state index contributed by atoms with van der Waals surface area (Å²) < 4.78 is 6.26. The average molecular weight is 314 g/mol. The van der Waals surface area contributed by atoms with E-state index in [9.17, 15) is 4.79 Å². The first-order chi connectivity index (χ1) is 8.63. The third-order valence-electron chi connectivity index (χ3n) is 3.05. The highest BCUT2D eigenvalue weighted by molar-refractivity contribution is 9.10. The van der Waals surface area contributed by atoms with Crippen molar-refractivity contribution in [2.45, 2.75) is 19.4 Å². The smallest absolute Gasteiger partial charge is 0.253 e. The summed E-state index contributed by atoms with van der Waals surface area (Å²) in [5.74, 6) is -0.0542. The molecule has 2 rings (SSSR count). The second-order valence-electron chi connectivity index (χ2n) is 4.38. The quantitative estimate of drug-likeness (QED) is 0.927. The Balaban J connectivity index is 2.31. The number of rotatable bonds is 3. The number of hydrogen-bond donors (Lipinski definition) is 1. The fourth-order valence-electron chi connectivity index (χ4n) is 2.12. The fraction of sp³-hybridized carbons (Fsp3) is 0.462. The topological polar surface area (TPSA) is 49.8 Å². The van der Waals surface area contributed by atoms with E-state index in [2.05, 4.69) is 15.9 Å². The van der Waals surface area contributed by atoms with Gasteiger partial charge >= 0.3 is 0 Å². The minimum Gasteiger partial charge on any atom is -0.396 e. The highest BCUT2D eigenvalue weighted by Gasteiger charge is 2.29. The number of morpholine rings is 1. The molecule has 5 heteroatoms. The number of carbonyl (C=O) groups excluding carboxylic acids is 1. The summed E-state index contributed by atoms with van der Waals surface area (Å²) in [5, 5.41) is 9.07. The third kappa shape index (κ3) is 2.74. The van der Waals surface area contributed by atoms with Gasteiger partial charge in [0, 0.05) is 16.8 Å². The van der Waals surface area contributed by atoms with Gasteiger partial charge in [-0.15, -0.1) is 0 Å². The van der Waals surface area contributed by atoms with E-state index in [1.165, 1.54) is 0 Å². The second-order valence-corrected chi connectivity index (χ2v) is 5.23. The molecule has 1 heterocycles. The summed E-state index contributed by atoms with van der Waals surface area (Å²) in [7, 11) is 0. The van der Waals surface area contributed by atoms with Crippen LogP contribution in [0.4, 0.5) is 5.69 Å². The molecular formula is C13H16BrNO3. The van der Waals surface area contributed by atoms with E-state index in [1.807, 2.05) is 25.1 Å². The SMILES string of the molecule is Cc1cc(N2C(=O)COCC2CCO)ccc1Br. The summed E-state index contributed by atoms with van der Waals surface area (Å²) in [6.07, 6.45) is 0.529. The molecule has 0 aliphatic carbocycles. The first-order valence-corrected chi connectivity index (χ1v) is 6.69. The van der Waals surface area contributed by atoms with E-state index in [4.69, 9.17) is 9.84 Å². The van der Waals surface area contributed by atoms with Crippen LogP contribution in [0.15, 0.2) is 22.7 Å². The highest BCUT2D eigenvalue weighted by Crippen LogP contribution is 2.26. The Morgan fingerprint density at radius 1 is 1.56 bits per heavy atom. The number of aliphatic hydroxyl groups excluding tert-OH is 1. The Morgan fingerprint density at radius 3 is 3.00 bits per heavy atom. The van der Waals surface area contributed by atoms with E-state index in [-0.39, 0.29) is 25.2 Å². The molecular weight excluding hydrogens is 298 g/mol. The molecule has 0 aromatic heterocycles. The molecule has 1 N–H and O–H groups in total. The molecule has 1 unspecified atom stereocenters. The van der Waals surface area contributed by atoms with Gasteiger partial charge in [0.05, 0.1) is 12.6 Å². The Labute approximate surface area is 115 Å². The number of benzene rings is 1. The maximum absolute atomic E-state index is 12.0. The molecule has 1 amide bonds. The van der Waals surface area contributed by atoms with Crippen LogP contribution in [0.5, 0.6) is 0 Å². The number of aliphatic hydroxyl groups is 1. The number of ether oxygens (including phenoxy) is 1. The van der Waals surface area contributed by atoms with Gasteiger partial charge in [-0.2, -0.15) is 0 Å². The standard InChI is InChI=1S/C13H16BrNO3/c1-9-6-10(2-3-12(9)14)15-11(4-5-16)7-18-8-13(15)17/h2-3,6,11,16H,4-5,7-8H2,1H3. The monoisotopic (exact) mass is 313 g/mol. The highest BCUT2D eigenvalue weighted by atomic mass is 79.9. The lowest BCUT2D eigenvalue weighted by atomic mass is 10.1. The maximum atomic E-state index is 12.0. The van der Waals surface area contributed by atoms with Crippen molar-refractivity contribution >= 4 is 27.5 Å². The predicted octanol–water partition coefficient (Wildman–Crippen LogP) is 1.87. The fourth-order valence-corrected chi connectivity index (χ4v) is 2.37. The summed E-state index contributed by atoms with van der Waals surface area (Å²) in [6, 6.07) is 5.73. The van der Waals surface area contributed by atoms with E-state index in [1.54, 1.807) is 4.90 Å². The summed E-state index contributed by atoms with van der Waals surface area (Å²) in [5.41, 5.74) is 1.94. The van der Waals surface area contributed by atoms with Crippen LogP contribution in [0, 0.1) is 6.92 Å². The van der Waals surface area contributed by atoms with Crippen LogP contribution in [0.1, 0.15) is 12.0 Å². The lowest BCUT2D eigenvalue weighted by Gasteiger charge is -2.35. The predicted molar refractivity (Wildman–Crippen MR) is 72.7 cm³/mol. The number of nitrogens with zero attached hydrogens (tertiary/aromatic N) is 1. The molecule has 0 radical (unpaired) electrons. The minimum atomic E-state index is -0.0863. The molecule has 0 spiro atoms. The van der Waals surface area contributed by atoms with E-state index in [0.29, 0.717) is 13.0 Å². The number of hydrogen-bond acceptors (Lipinski definition) is 3. The lowest BCUT2D eigenvalue weighted by molar-refractivity contribution is -0.127. The van der Waals surface area contributed by atoms with Crippen molar-refractivity contribution in [1.82, 2.24) is 0 Å². The Kier molecular flexibility index (Phi) is 4.37. The van der Waals surface area contributed by atoms with Crippen molar-refractivity contribution in [2.24, 2.45) is 0 Å². The Bertz CT molecular complexity index is 448. The molecule has 1 aromatic rings. The van der Waals surface area contributed by atoms with Crippen molar-refractivity contribution in [3.05, 3.63) is 28.2 Å². The van der Waals surface area contributed by atoms with Crippen molar-refractivity contribution < 1.29 is 14.6 Å². The molecule has 1 aliphatic rings. The van der Waals surface area contributed by atoms with Gasteiger partial charge in [-0.3, -0.25) is 4.79 Å². The largest absolute Gasteiger partial charge is 0.396 e. The van der Waals surface area contributed by atoms with E-state index < -0.39 is 0 Å². The lowest BCUT2D eigenvalue weighted by Crippen LogP contribution is -2.50. The van der Waals surface area contributed by atoms with E-state index in [0.717, 1.165) is 15.7 Å². The molecule has 1 atom stereocenters. The normalized spacial score (nSPS) is 20.3. The van der Waals surface area contributed by atoms with Crippen LogP contribution in [-0.2, 0) is 9.53 Å². The molecule has 0 bridgehead atoms. The molecule has 1 aliphatic heterocycles. The molecule has 1 aromatic carbocycles. The summed E-state index contributed by atoms with van der Waals surface area (Å²) in [4.78, 5) is 13.7. The molecule has 18 heavy (non-hydrogen) atoms. The van der Waals surface area contributed by atoms with Crippen molar-refractivity contribution in [2.75, 3.05) is 24.7 Å². The molecule has 1 saturated heterocycles. The van der Waals surface area contributed by atoms with Gasteiger partial charge in [-0.1, -0.05) is 15.9 Å². The number of carbonyl (C=O) groups is 1. The minimum absolute atomic E-state index is 0.0489. The van der Waals surface area contributed by atoms with Gasteiger partial charge in [-0.25, -0.2) is 0 Å². The van der Waals surface area contributed by atoms with Gasteiger partial charge in [-0.05, 0) is 37.1 Å². The average Bonchev–Trinajstić information content (AvgIpc) is 2.34. The Hall–Kier alpha value is -0.910. The zero-order valence-electron chi connectivity index (χ0n) is 10.2. The van der Waals surface area contributed by atoms with Gasteiger partial charge in [0.1, 0.15) is 6.61 Å². The summed E-state index contributed by atoms with van der Waals surface area (Å²) in [6.45, 7) is 2.62. The molecule has 4 nitrogen and oxygen atoms in total. The maximum Gasteiger partial charge on any atom is 0.253 e. The van der Waals surface area contributed by atoms with Gasteiger partial charge < -0.3 is 14.7 Å². The van der Waals surface area contributed by atoms with Gasteiger partial charge in [0.2, 0.25) is 0 Å². The second kappa shape index (κ2) is 5.82. The van der Waals surface area contributed by atoms with Crippen LogP contribution < -0.4 is 4.90 Å². The van der Waals surface area contributed by atoms with Gasteiger partial charge in [0.25, 0.3) is 5.91 Å². The number of anilines is 1.